The van der Waals surface area contributed by atoms with Gasteiger partial charge in [-0.05, 0) is 24.3 Å². The zero-order valence-corrected chi connectivity index (χ0v) is 11.1. The molecule has 2 aromatic rings. The second-order valence-electron chi connectivity index (χ2n) is 4.44. The van der Waals surface area contributed by atoms with Crippen LogP contribution in [0.1, 0.15) is 19.5 Å². The van der Waals surface area contributed by atoms with Crippen molar-refractivity contribution in [2.45, 2.75) is 26.4 Å². The Hall–Kier alpha value is -1.39. The lowest BCUT2D eigenvalue weighted by molar-refractivity contribution is 0.580. The van der Waals surface area contributed by atoms with Crippen molar-refractivity contribution in [1.29, 1.82) is 0 Å². The Morgan fingerprint density at radius 3 is 2.83 bits per heavy atom. The van der Waals surface area contributed by atoms with E-state index in [4.69, 9.17) is 11.6 Å². The van der Waals surface area contributed by atoms with Crippen LogP contribution in [0.4, 0.5) is 4.39 Å². The number of nitrogens with zero attached hydrogens (tertiary/aromatic N) is 1. The van der Waals surface area contributed by atoms with Crippen molar-refractivity contribution in [3.63, 3.8) is 0 Å². The molecule has 0 atom stereocenters. The van der Waals surface area contributed by atoms with Gasteiger partial charge in [-0.15, -0.1) is 0 Å². The van der Waals surface area contributed by atoms with E-state index in [1.165, 1.54) is 6.07 Å². The summed E-state index contributed by atoms with van der Waals surface area (Å²) in [5, 5.41) is 10.5. The van der Waals surface area contributed by atoms with Crippen molar-refractivity contribution < 1.29 is 4.39 Å². The largest absolute Gasteiger partial charge is 0.309 e. The third kappa shape index (κ3) is 3.09. The third-order valence-electron chi connectivity index (χ3n) is 2.55. The normalized spacial score (nSPS) is 11.2. The van der Waals surface area contributed by atoms with Crippen LogP contribution in [0.15, 0.2) is 24.3 Å². The molecule has 0 aliphatic rings. The molecule has 0 saturated heterocycles. The van der Waals surface area contributed by atoms with E-state index in [1.807, 2.05) is 6.07 Å². The molecule has 0 radical (unpaired) electrons. The van der Waals surface area contributed by atoms with Gasteiger partial charge < -0.3 is 5.32 Å². The Labute approximate surface area is 110 Å². The number of halogens is 2. The maximum atomic E-state index is 13.1. The van der Waals surface area contributed by atoms with Gasteiger partial charge in [0.15, 0.2) is 0 Å². The molecule has 96 valence electrons. The van der Waals surface area contributed by atoms with Crippen molar-refractivity contribution in [2.24, 2.45) is 0 Å². The van der Waals surface area contributed by atoms with Crippen LogP contribution in [-0.2, 0) is 6.54 Å². The fourth-order valence-corrected chi connectivity index (χ4v) is 1.75. The van der Waals surface area contributed by atoms with Crippen LogP contribution in [0.2, 0.25) is 5.02 Å². The van der Waals surface area contributed by atoms with Crippen LogP contribution in [0, 0.1) is 5.82 Å². The third-order valence-corrected chi connectivity index (χ3v) is 2.84. The second kappa shape index (κ2) is 5.50. The van der Waals surface area contributed by atoms with Gasteiger partial charge in [-0.25, -0.2) is 4.39 Å². The van der Waals surface area contributed by atoms with E-state index in [9.17, 15) is 4.39 Å². The average Bonchev–Trinajstić information content (AvgIpc) is 2.79. The summed E-state index contributed by atoms with van der Waals surface area (Å²) < 4.78 is 13.1. The summed E-state index contributed by atoms with van der Waals surface area (Å²) in [6.07, 6.45) is 0. The van der Waals surface area contributed by atoms with E-state index in [0.717, 1.165) is 23.5 Å². The molecular formula is C13H15ClFN3. The molecule has 3 nitrogen and oxygen atoms in total. The monoisotopic (exact) mass is 267 g/mol. The van der Waals surface area contributed by atoms with E-state index in [0.29, 0.717) is 6.04 Å². The number of aromatic nitrogens is 2. The average molecular weight is 268 g/mol. The van der Waals surface area contributed by atoms with Gasteiger partial charge >= 0.3 is 0 Å². The number of hydrogen-bond acceptors (Lipinski definition) is 2. The number of aromatic amines is 1. The Balaban J connectivity index is 2.16. The second-order valence-corrected chi connectivity index (χ2v) is 4.85. The van der Waals surface area contributed by atoms with Crippen molar-refractivity contribution in [1.82, 2.24) is 15.5 Å². The van der Waals surface area contributed by atoms with E-state index < -0.39 is 5.82 Å². The number of benzene rings is 1. The summed E-state index contributed by atoms with van der Waals surface area (Å²) in [4.78, 5) is 0. The zero-order chi connectivity index (χ0) is 13.1. The molecule has 0 fully saturated rings. The van der Waals surface area contributed by atoms with Crippen LogP contribution in [0.25, 0.3) is 11.3 Å². The van der Waals surface area contributed by atoms with E-state index in [2.05, 4.69) is 29.4 Å². The molecular weight excluding hydrogens is 253 g/mol. The molecule has 1 aromatic heterocycles. The first-order valence-corrected chi connectivity index (χ1v) is 6.17. The van der Waals surface area contributed by atoms with Gasteiger partial charge in [0.2, 0.25) is 0 Å². The van der Waals surface area contributed by atoms with Crippen LogP contribution < -0.4 is 5.32 Å². The van der Waals surface area contributed by atoms with Gasteiger partial charge in [0.05, 0.1) is 10.7 Å². The van der Waals surface area contributed by atoms with Crippen LogP contribution in [0.3, 0.4) is 0 Å². The summed E-state index contributed by atoms with van der Waals surface area (Å²) >= 11 is 5.75. The number of H-pyrrole nitrogens is 1. The lowest BCUT2D eigenvalue weighted by Gasteiger charge is -2.04. The topological polar surface area (TPSA) is 40.7 Å². The molecule has 0 aliphatic heterocycles. The lowest BCUT2D eigenvalue weighted by Crippen LogP contribution is -2.21. The van der Waals surface area contributed by atoms with E-state index in [1.54, 1.807) is 12.1 Å². The van der Waals surface area contributed by atoms with Gasteiger partial charge in [-0.2, -0.15) is 5.10 Å². The predicted molar refractivity (Wildman–Crippen MR) is 71.0 cm³/mol. The van der Waals surface area contributed by atoms with Gasteiger partial charge in [0, 0.05) is 23.8 Å². The molecule has 1 heterocycles. The van der Waals surface area contributed by atoms with Crippen molar-refractivity contribution in [3.05, 3.63) is 40.8 Å². The van der Waals surface area contributed by atoms with Gasteiger partial charge in [-0.1, -0.05) is 25.4 Å². The Morgan fingerprint density at radius 2 is 2.17 bits per heavy atom. The minimum Gasteiger partial charge on any atom is -0.309 e. The molecule has 0 bridgehead atoms. The van der Waals surface area contributed by atoms with E-state index in [-0.39, 0.29) is 5.02 Å². The molecule has 18 heavy (non-hydrogen) atoms. The summed E-state index contributed by atoms with van der Waals surface area (Å²) in [6, 6.07) is 6.93. The van der Waals surface area contributed by atoms with Crippen molar-refractivity contribution >= 4 is 11.6 Å². The molecule has 2 N–H and O–H groups in total. The highest BCUT2D eigenvalue weighted by Gasteiger charge is 2.07. The van der Waals surface area contributed by atoms with Gasteiger partial charge in [0.25, 0.3) is 0 Å². The van der Waals surface area contributed by atoms with Crippen LogP contribution >= 0.6 is 11.6 Å². The smallest absolute Gasteiger partial charge is 0.141 e. The first kappa shape index (κ1) is 13.1. The predicted octanol–water partition coefficient (Wildman–Crippen LogP) is 3.37. The fraction of sp³-hybridized carbons (Fsp3) is 0.308. The molecule has 2 rings (SSSR count). The molecule has 0 saturated carbocycles. The molecule has 5 heteroatoms. The lowest BCUT2D eigenvalue weighted by atomic mass is 10.1. The number of rotatable bonds is 4. The summed E-state index contributed by atoms with van der Waals surface area (Å²) in [7, 11) is 0. The number of hydrogen-bond donors (Lipinski definition) is 2. The van der Waals surface area contributed by atoms with Crippen molar-refractivity contribution in [2.75, 3.05) is 0 Å². The molecule has 0 amide bonds. The van der Waals surface area contributed by atoms with Gasteiger partial charge in [-0.3, -0.25) is 5.10 Å². The minimum atomic E-state index is -0.419. The van der Waals surface area contributed by atoms with Crippen LogP contribution in [0.5, 0.6) is 0 Å². The maximum Gasteiger partial charge on any atom is 0.141 e. The number of nitrogens with one attached hydrogen (secondary N) is 2. The first-order valence-electron chi connectivity index (χ1n) is 5.79. The molecule has 0 unspecified atom stereocenters. The Bertz CT molecular complexity index is 537. The Kier molecular flexibility index (Phi) is 3.99. The highest BCUT2D eigenvalue weighted by molar-refractivity contribution is 6.31. The maximum absolute atomic E-state index is 13.1. The SMILES string of the molecule is CC(C)NCc1cc(-c2ccc(F)c(Cl)c2)n[nH]1. The van der Waals surface area contributed by atoms with E-state index >= 15 is 0 Å². The van der Waals surface area contributed by atoms with Gasteiger partial charge in [0.1, 0.15) is 5.82 Å². The van der Waals surface area contributed by atoms with Crippen LogP contribution in [-0.4, -0.2) is 16.2 Å². The summed E-state index contributed by atoms with van der Waals surface area (Å²) in [5.74, 6) is -0.419. The summed E-state index contributed by atoms with van der Waals surface area (Å²) in [5.41, 5.74) is 2.55. The highest BCUT2D eigenvalue weighted by atomic mass is 35.5. The zero-order valence-electron chi connectivity index (χ0n) is 10.3. The standard InChI is InChI=1S/C13H15ClFN3/c1-8(2)16-7-10-6-13(18-17-10)9-3-4-12(15)11(14)5-9/h3-6,8,16H,7H2,1-2H3,(H,17,18). The fourth-order valence-electron chi connectivity index (χ4n) is 1.57. The Morgan fingerprint density at radius 1 is 1.39 bits per heavy atom. The first-order chi connectivity index (χ1) is 8.56. The highest BCUT2D eigenvalue weighted by Crippen LogP contribution is 2.23. The quantitative estimate of drug-likeness (QED) is 0.892. The molecule has 1 aromatic carbocycles. The summed E-state index contributed by atoms with van der Waals surface area (Å²) in [6.45, 7) is 4.88. The minimum absolute atomic E-state index is 0.109. The molecule has 0 spiro atoms. The van der Waals surface area contributed by atoms with Crippen molar-refractivity contribution in [3.8, 4) is 11.3 Å². The molecule has 0 aliphatic carbocycles.